The smallest absolute Gasteiger partial charge is 0.150 e. The molecule has 5 heteroatoms. The third-order valence-corrected chi connectivity index (χ3v) is 4.68. The van der Waals surface area contributed by atoms with E-state index < -0.39 is 9.84 Å². The van der Waals surface area contributed by atoms with Crippen molar-refractivity contribution in [1.82, 2.24) is 5.32 Å². The van der Waals surface area contributed by atoms with Gasteiger partial charge in [-0.15, -0.1) is 12.4 Å². The minimum atomic E-state index is -2.68. The Morgan fingerprint density at radius 3 is 2.42 bits per heavy atom. The third-order valence-electron chi connectivity index (χ3n) is 2.80. The summed E-state index contributed by atoms with van der Waals surface area (Å²) in [7, 11) is -2.68. The second kappa shape index (κ2) is 3.16. The second-order valence-corrected chi connectivity index (χ2v) is 5.95. The van der Waals surface area contributed by atoms with Gasteiger partial charge in [0, 0.05) is 6.54 Å². The van der Waals surface area contributed by atoms with Gasteiger partial charge in [-0.1, -0.05) is 0 Å². The highest BCUT2D eigenvalue weighted by Gasteiger charge is 2.43. The zero-order chi connectivity index (χ0) is 7.95. The molecule has 1 atom stereocenters. The zero-order valence-electron chi connectivity index (χ0n) is 6.88. The Kier molecular flexibility index (Phi) is 2.71. The van der Waals surface area contributed by atoms with E-state index in [0.29, 0.717) is 11.5 Å². The van der Waals surface area contributed by atoms with Crippen LogP contribution in [0, 0.1) is 5.41 Å². The average molecular weight is 212 g/mol. The van der Waals surface area contributed by atoms with E-state index in [1.165, 1.54) is 0 Å². The van der Waals surface area contributed by atoms with Gasteiger partial charge in [-0.25, -0.2) is 8.42 Å². The van der Waals surface area contributed by atoms with Gasteiger partial charge in [0.15, 0.2) is 9.84 Å². The van der Waals surface area contributed by atoms with E-state index in [4.69, 9.17) is 0 Å². The molecule has 0 unspecified atom stereocenters. The van der Waals surface area contributed by atoms with Crippen LogP contribution in [0.4, 0.5) is 0 Å². The summed E-state index contributed by atoms with van der Waals surface area (Å²) in [5.41, 5.74) is 0.124. The molecule has 0 radical (unpaired) electrons. The summed E-state index contributed by atoms with van der Waals surface area (Å²) in [4.78, 5) is 0. The van der Waals surface area contributed by atoms with E-state index in [9.17, 15) is 8.42 Å². The van der Waals surface area contributed by atoms with Crippen LogP contribution in [0.15, 0.2) is 0 Å². The highest BCUT2D eigenvalue weighted by atomic mass is 35.5. The molecule has 0 aromatic rings. The van der Waals surface area contributed by atoms with Crippen molar-refractivity contribution >= 4 is 22.2 Å². The van der Waals surface area contributed by atoms with E-state index in [0.717, 1.165) is 25.9 Å². The molecule has 0 aromatic heterocycles. The SMILES string of the molecule is Cl.O=S1(=O)CC[C@@]2(CCNC2)C1. The van der Waals surface area contributed by atoms with Gasteiger partial charge in [0.1, 0.15) is 0 Å². The molecule has 2 aliphatic heterocycles. The summed E-state index contributed by atoms with van der Waals surface area (Å²) in [6.45, 7) is 1.90. The first-order valence-electron chi connectivity index (χ1n) is 4.03. The lowest BCUT2D eigenvalue weighted by Crippen LogP contribution is -2.24. The molecule has 1 N–H and O–H groups in total. The van der Waals surface area contributed by atoms with E-state index in [2.05, 4.69) is 5.32 Å². The van der Waals surface area contributed by atoms with Crippen molar-refractivity contribution in [1.29, 1.82) is 0 Å². The zero-order valence-corrected chi connectivity index (χ0v) is 8.51. The van der Waals surface area contributed by atoms with Gasteiger partial charge in [0.05, 0.1) is 11.5 Å². The minimum Gasteiger partial charge on any atom is -0.316 e. The van der Waals surface area contributed by atoms with Crippen LogP contribution in [-0.4, -0.2) is 33.0 Å². The largest absolute Gasteiger partial charge is 0.316 e. The molecule has 3 nitrogen and oxygen atoms in total. The van der Waals surface area contributed by atoms with Gasteiger partial charge in [0.25, 0.3) is 0 Å². The van der Waals surface area contributed by atoms with Crippen molar-refractivity contribution in [2.75, 3.05) is 24.6 Å². The molecule has 0 aliphatic carbocycles. The first kappa shape index (κ1) is 10.3. The van der Waals surface area contributed by atoms with Crippen LogP contribution in [0.25, 0.3) is 0 Å². The van der Waals surface area contributed by atoms with Crippen LogP contribution < -0.4 is 5.32 Å². The standard InChI is InChI=1S/C7H13NO2S.ClH/c9-11(10)4-2-7(6-11)1-3-8-5-7;/h8H,1-6H2;1H/t7-;/m1./s1. The summed E-state index contributed by atoms with van der Waals surface area (Å²) in [5.74, 6) is 0.835. The van der Waals surface area contributed by atoms with Gasteiger partial charge in [-0.2, -0.15) is 0 Å². The van der Waals surface area contributed by atoms with Crippen LogP contribution in [-0.2, 0) is 9.84 Å². The van der Waals surface area contributed by atoms with Crippen molar-refractivity contribution in [2.24, 2.45) is 5.41 Å². The minimum absolute atomic E-state index is 0. The van der Waals surface area contributed by atoms with Crippen LogP contribution in [0.3, 0.4) is 0 Å². The Bertz CT molecular complexity index is 257. The lowest BCUT2D eigenvalue weighted by molar-refractivity contribution is 0.377. The quantitative estimate of drug-likeness (QED) is 0.623. The molecular formula is C7H14ClNO2S. The first-order chi connectivity index (χ1) is 5.12. The number of sulfone groups is 1. The predicted octanol–water partition coefficient (Wildman–Crippen LogP) is 0.206. The summed E-state index contributed by atoms with van der Waals surface area (Å²) in [6, 6.07) is 0. The predicted molar refractivity (Wildman–Crippen MR) is 50.4 cm³/mol. The molecule has 2 rings (SSSR count). The van der Waals surface area contributed by atoms with Gasteiger partial charge in [0.2, 0.25) is 0 Å². The molecule has 0 bridgehead atoms. The number of rotatable bonds is 0. The van der Waals surface area contributed by atoms with Crippen molar-refractivity contribution in [3.05, 3.63) is 0 Å². The molecule has 1 spiro atoms. The monoisotopic (exact) mass is 211 g/mol. The summed E-state index contributed by atoms with van der Waals surface area (Å²) < 4.78 is 22.3. The Morgan fingerprint density at radius 2 is 2.00 bits per heavy atom. The van der Waals surface area contributed by atoms with Crippen LogP contribution >= 0.6 is 12.4 Å². The van der Waals surface area contributed by atoms with Crippen LogP contribution in [0.2, 0.25) is 0 Å². The van der Waals surface area contributed by atoms with Gasteiger partial charge in [-0.05, 0) is 24.8 Å². The van der Waals surface area contributed by atoms with E-state index >= 15 is 0 Å². The molecule has 0 saturated carbocycles. The summed E-state index contributed by atoms with van der Waals surface area (Å²) in [6.07, 6.45) is 1.93. The Balaban J connectivity index is 0.000000720. The van der Waals surface area contributed by atoms with Crippen molar-refractivity contribution in [2.45, 2.75) is 12.8 Å². The molecule has 2 aliphatic rings. The van der Waals surface area contributed by atoms with E-state index in [1.807, 2.05) is 0 Å². The number of hydrogen-bond acceptors (Lipinski definition) is 3. The summed E-state index contributed by atoms with van der Waals surface area (Å²) >= 11 is 0. The maximum Gasteiger partial charge on any atom is 0.150 e. The average Bonchev–Trinajstić information content (AvgIpc) is 2.43. The third kappa shape index (κ3) is 1.75. The molecule has 0 aromatic carbocycles. The van der Waals surface area contributed by atoms with E-state index in [1.54, 1.807) is 0 Å². The molecule has 2 fully saturated rings. The Hall–Kier alpha value is 0.200. The molecule has 2 saturated heterocycles. The van der Waals surface area contributed by atoms with Gasteiger partial charge in [-0.3, -0.25) is 0 Å². The molecule has 12 heavy (non-hydrogen) atoms. The second-order valence-electron chi connectivity index (χ2n) is 3.77. The van der Waals surface area contributed by atoms with Crippen LogP contribution in [0.1, 0.15) is 12.8 Å². The fraction of sp³-hybridized carbons (Fsp3) is 1.00. The van der Waals surface area contributed by atoms with E-state index in [-0.39, 0.29) is 17.8 Å². The summed E-state index contributed by atoms with van der Waals surface area (Å²) in [5, 5.41) is 3.23. The molecular weight excluding hydrogens is 198 g/mol. The fourth-order valence-electron chi connectivity index (χ4n) is 2.11. The molecule has 2 heterocycles. The Labute approximate surface area is 79.2 Å². The van der Waals surface area contributed by atoms with Gasteiger partial charge < -0.3 is 5.32 Å². The topological polar surface area (TPSA) is 46.2 Å². The van der Waals surface area contributed by atoms with Crippen molar-refractivity contribution < 1.29 is 8.42 Å². The molecule has 0 amide bonds. The highest BCUT2D eigenvalue weighted by Crippen LogP contribution is 2.37. The number of hydrogen-bond donors (Lipinski definition) is 1. The Morgan fingerprint density at radius 1 is 1.25 bits per heavy atom. The molecule has 72 valence electrons. The fourth-order valence-corrected chi connectivity index (χ4v) is 4.33. The maximum absolute atomic E-state index is 11.2. The number of nitrogens with one attached hydrogen (secondary N) is 1. The van der Waals surface area contributed by atoms with Gasteiger partial charge >= 0.3 is 0 Å². The lowest BCUT2D eigenvalue weighted by Gasteiger charge is -2.17. The van der Waals surface area contributed by atoms with Crippen LogP contribution in [0.5, 0.6) is 0 Å². The number of halogens is 1. The maximum atomic E-state index is 11.2. The normalized spacial score (nSPS) is 38.3. The first-order valence-corrected chi connectivity index (χ1v) is 5.85. The highest BCUT2D eigenvalue weighted by molar-refractivity contribution is 7.91. The lowest BCUT2D eigenvalue weighted by atomic mass is 9.87. The van der Waals surface area contributed by atoms with Crippen molar-refractivity contribution in [3.63, 3.8) is 0 Å². The van der Waals surface area contributed by atoms with Crippen molar-refractivity contribution in [3.8, 4) is 0 Å².